The Hall–Kier alpha value is -1.65. The summed E-state index contributed by atoms with van der Waals surface area (Å²) in [5, 5.41) is 10.1. The Bertz CT molecular complexity index is 766. The Morgan fingerprint density at radius 3 is 3.00 bits per heavy atom. The smallest absolute Gasteiger partial charge is 0.0931 e. The van der Waals surface area contributed by atoms with E-state index in [2.05, 4.69) is 48.9 Å². The van der Waals surface area contributed by atoms with Crippen molar-refractivity contribution >= 4 is 11.0 Å². The fraction of sp³-hybridized carbons (Fsp3) is 0.526. The van der Waals surface area contributed by atoms with Gasteiger partial charge in [-0.3, -0.25) is 0 Å². The lowest BCUT2D eigenvalue weighted by atomic mass is 9.56. The molecule has 23 heavy (non-hydrogen) atoms. The zero-order valence-corrected chi connectivity index (χ0v) is 13.9. The highest BCUT2D eigenvalue weighted by Crippen LogP contribution is 2.55. The summed E-state index contributed by atoms with van der Waals surface area (Å²) < 4.78 is 6.33. The van der Waals surface area contributed by atoms with Crippen LogP contribution in [-0.4, -0.2) is 28.3 Å². The molecule has 0 saturated carbocycles. The monoisotopic (exact) mass is 312 g/mol. The molecular weight excluding hydrogens is 288 g/mol. The van der Waals surface area contributed by atoms with Crippen LogP contribution in [0.15, 0.2) is 36.2 Å². The number of aliphatic hydroxyl groups is 1. The number of benzene rings is 1. The molecule has 2 N–H and O–H groups in total. The molecule has 5 atom stereocenters. The summed E-state index contributed by atoms with van der Waals surface area (Å²) in [5.74, 6) is 1.05. The number of aliphatic hydroxyl groups excluding tert-OH is 1. The summed E-state index contributed by atoms with van der Waals surface area (Å²) in [5.41, 5.74) is 4.44. The summed E-state index contributed by atoms with van der Waals surface area (Å²) in [6.07, 6.45) is 4.11. The molecule has 2 aliphatic rings. The first-order valence-electron chi connectivity index (χ1n) is 8.40. The van der Waals surface area contributed by atoms with Crippen molar-refractivity contribution in [3.8, 4) is 0 Å². The van der Waals surface area contributed by atoms with Gasteiger partial charge in [-0.1, -0.05) is 31.6 Å². The first-order valence-corrected chi connectivity index (χ1v) is 8.40. The number of aromatic nitrogens is 2. The number of hydrogen-bond donors (Lipinski definition) is 2. The van der Waals surface area contributed by atoms with Gasteiger partial charge in [-0.15, -0.1) is 0 Å². The van der Waals surface area contributed by atoms with Crippen molar-refractivity contribution in [1.82, 2.24) is 9.97 Å². The van der Waals surface area contributed by atoms with Crippen molar-refractivity contribution < 1.29 is 9.84 Å². The van der Waals surface area contributed by atoms with E-state index in [1.807, 2.05) is 6.07 Å². The van der Waals surface area contributed by atoms with Gasteiger partial charge in [0.1, 0.15) is 0 Å². The van der Waals surface area contributed by atoms with E-state index >= 15 is 0 Å². The molecule has 1 fully saturated rings. The Labute approximate surface area is 136 Å². The van der Waals surface area contributed by atoms with E-state index in [0.717, 1.165) is 11.0 Å². The van der Waals surface area contributed by atoms with Crippen LogP contribution in [-0.2, 0) is 4.74 Å². The molecule has 1 saturated heterocycles. The van der Waals surface area contributed by atoms with Crippen LogP contribution in [0.4, 0.5) is 0 Å². The van der Waals surface area contributed by atoms with Crippen molar-refractivity contribution in [2.24, 2.45) is 23.2 Å². The number of nitrogens with one attached hydrogen (secondary N) is 1. The molecule has 2 heterocycles. The second-order valence-electron chi connectivity index (χ2n) is 7.32. The van der Waals surface area contributed by atoms with Crippen LogP contribution in [0.5, 0.6) is 0 Å². The maximum atomic E-state index is 10.1. The van der Waals surface area contributed by atoms with Crippen molar-refractivity contribution in [1.29, 1.82) is 0 Å². The highest BCUT2D eigenvalue weighted by molar-refractivity contribution is 5.75. The van der Waals surface area contributed by atoms with Crippen molar-refractivity contribution in [2.45, 2.75) is 26.9 Å². The zero-order chi connectivity index (χ0) is 16.2. The molecule has 4 heteroatoms. The standard InChI is InChI=1S/C19H24N2O2/c1-11-6-12(2)19(8-22)9-23-18(17(11)13(19)3)14-4-5-15-16(7-14)21-10-20-15/h4-7,10,12-13,17-18,22H,8-9H2,1-3H3,(H,20,21). The lowest BCUT2D eigenvalue weighted by Gasteiger charge is -2.55. The number of hydrogen-bond acceptors (Lipinski definition) is 3. The Morgan fingerprint density at radius 1 is 1.39 bits per heavy atom. The second kappa shape index (κ2) is 5.18. The van der Waals surface area contributed by atoms with E-state index in [9.17, 15) is 5.11 Å². The third-order valence-electron chi connectivity index (χ3n) is 6.32. The van der Waals surface area contributed by atoms with Crippen LogP contribution in [0.25, 0.3) is 11.0 Å². The van der Waals surface area contributed by atoms with E-state index in [-0.39, 0.29) is 18.1 Å². The molecule has 0 spiro atoms. The number of rotatable bonds is 2. The number of ether oxygens (including phenoxy) is 1. The van der Waals surface area contributed by atoms with Crippen LogP contribution in [0.1, 0.15) is 32.4 Å². The van der Waals surface area contributed by atoms with Gasteiger partial charge in [-0.2, -0.15) is 0 Å². The number of aromatic amines is 1. The van der Waals surface area contributed by atoms with Gasteiger partial charge in [0.05, 0.1) is 36.7 Å². The summed E-state index contributed by atoms with van der Waals surface area (Å²) >= 11 is 0. The van der Waals surface area contributed by atoms with E-state index in [1.165, 1.54) is 11.1 Å². The third kappa shape index (κ3) is 2.01. The molecule has 1 aromatic heterocycles. The summed E-state index contributed by atoms with van der Waals surface area (Å²) in [4.78, 5) is 7.47. The fourth-order valence-corrected chi connectivity index (χ4v) is 4.72. The van der Waals surface area contributed by atoms with E-state index in [1.54, 1.807) is 6.33 Å². The molecule has 4 nitrogen and oxygen atoms in total. The SMILES string of the molecule is CC1=CC(C)C2(CO)COC(c3ccc4nc[nH]c4c3)C1C2C. The van der Waals surface area contributed by atoms with E-state index in [4.69, 9.17) is 4.74 Å². The minimum atomic E-state index is -0.154. The van der Waals surface area contributed by atoms with Crippen LogP contribution in [0.2, 0.25) is 0 Å². The predicted molar refractivity (Wildman–Crippen MR) is 89.9 cm³/mol. The van der Waals surface area contributed by atoms with Crippen molar-refractivity contribution in [3.05, 3.63) is 41.7 Å². The molecule has 4 rings (SSSR count). The van der Waals surface area contributed by atoms with Crippen LogP contribution < -0.4 is 0 Å². The summed E-state index contributed by atoms with van der Waals surface area (Å²) in [7, 11) is 0. The number of nitrogens with zero attached hydrogens (tertiary/aromatic N) is 1. The molecule has 5 unspecified atom stereocenters. The third-order valence-corrected chi connectivity index (χ3v) is 6.32. The van der Waals surface area contributed by atoms with Crippen LogP contribution in [0, 0.1) is 23.2 Å². The highest BCUT2D eigenvalue weighted by Gasteiger charge is 2.53. The first-order chi connectivity index (χ1) is 11.1. The average molecular weight is 312 g/mol. The normalized spacial score (nSPS) is 37.0. The lowest BCUT2D eigenvalue weighted by molar-refractivity contribution is -0.165. The van der Waals surface area contributed by atoms with Gasteiger partial charge in [-0.25, -0.2) is 4.98 Å². The van der Waals surface area contributed by atoms with E-state index in [0.29, 0.717) is 24.4 Å². The summed E-state index contributed by atoms with van der Waals surface area (Å²) in [6, 6.07) is 6.32. The molecule has 1 aliphatic heterocycles. The topological polar surface area (TPSA) is 58.1 Å². The fourth-order valence-electron chi connectivity index (χ4n) is 4.72. The predicted octanol–water partition coefficient (Wildman–Crippen LogP) is 3.46. The highest BCUT2D eigenvalue weighted by atomic mass is 16.5. The van der Waals surface area contributed by atoms with Crippen molar-refractivity contribution in [3.63, 3.8) is 0 Å². The maximum Gasteiger partial charge on any atom is 0.0931 e. The first kappa shape index (κ1) is 14.9. The molecule has 1 aromatic carbocycles. The van der Waals surface area contributed by atoms with Gasteiger partial charge in [0.15, 0.2) is 0 Å². The molecule has 2 aromatic rings. The van der Waals surface area contributed by atoms with Gasteiger partial charge < -0.3 is 14.8 Å². The van der Waals surface area contributed by atoms with Crippen molar-refractivity contribution in [2.75, 3.05) is 13.2 Å². The second-order valence-corrected chi connectivity index (χ2v) is 7.32. The Morgan fingerprint density at radius 2 is 2.22 bits per heavy atom. The molecule has 0 radical (unpaired) electrons. The lowest BCUT2D eigenvalue weighted by Crippen LogP contribution is -2.53. The summed E-state index contributed by atoms with van der Waals surface area (Å²) in [6.45, 7) is 7.47. The van der Waals surface area contributed by atoms with Gasteiger partial charge in [0.25, 0.3) is 0 Å². The van der Waals surface area contributed by atoms with Gasteiger partial charge in [0, 0.05) is 11.3 Å². The largest absolute Gasteiger partial charge is 0.396 e. The van der Waals surface area contributed by atoms with Gasteiger partial charge in [0.2, 0.25) is 0 Å². The number of imidazole rings is 1. The zero-order valence-electron chi connectivity index (χ0n) is 13.9. The molecule has 1 aliphatic carbocycles. The Balaban J connectivity index is 1.78. The van der Waals surface area contributed by atoms with Gasteiger partial charge >= 0.3 is 0 Å². The molecule has 122 valence electrons. The van der Waals surface area contributed by atoms with Gasteiger partial charge in [-0.05, 0) is 36.5 Å². The molecule has 0 amide bonds. The van der Waals surface area contributed by atoms with E-state index < -0.39 is 0 Å². The van der Waals surface area contributed by atoms with Crippen LogP contribution >= 0.6 is 0 Å². The van der Waals surface area contributed by atoms with Crippen LogP contribution in [0.3, 0.4) is 0 Å². The quantitative estimate of drug-likeness (QED) is 0.835. The molecule has 2 bridgehead atoms. The minimum absolute atomic E-state index is 0.0427. The number of fused-ring (bicyclic) bond motifs is 3. The Kier molecular flexibility index (Phi) is 3.36. The number of allylic oxidation sites excluding steroid dienone is 1. The number of H-pyrrole nitrogens is 1. The average Bonchev–Trinajstić information content (AvgIpc) is 3.00. The minimum Gasteiger partial charge on any atom is -0.396 e. The maximum absolute atomic E-state index is 10.1. The molecular formula is C19H24N2O2.